The first-order valence-electron chi connectivity index (χ1n) is 5.47. The maximum absolute atomic E-state index is 5.68. The molecule has 3 nitrogen and oxygen atoms in total. The van der Waals surface area contributed by atoms with Gasteiger partial charge in [0.1, 0.15) is 5.60 Å². The molecule has 0 aliphatic carbocycles. The Morgan fingerprint density at radius 1 is 1.53 bits per heavy atom. The zero-order valence-corrected chi connectivity index (χ0v) is 9.36. The van der Waals surface area contributed by atoms with E-state index in [1.54, 1.807) is 7.11 Å². The Balaban J connectivity index is 2.28. The molecule has 1 saturated heterocycles. The second kappa shape index (κ2) is 4.29. The molecule has 1 aromatic rings. The second-order valence-corrected chi connectivity index (χ2v) is 4.18. The SMILES string of the molecule is COC(C)(c1ccccn1)[C@H]1CCCN1. The highest BCUT2D eigenvalue weighted by Gasteiger charge is 2.38. The molecule has 1 unspecified atom stereocenters. The van der Waals surface area contributed by atoms with Crippen LogP contribution in [0.1, 0.15) is 25.5 Å². The smallest absolute Gasteiger partial charge is 0.122 e. The number of rotatable bonds is 3. The van der Waals surface area contributed by atoms with Crippen molar-refractivity contribution >= 4 is 0 Å². The minimum atomic E-state index is -0.308. The average Bonchev–Trinajstić information content (AvgIpc) is 2.83. The Bertz CT molecular complexity index is 309. The quantitative estimate of drug-likeness (QED) is 0.817. The Morgan fingerprint density at radius 2 is 2.40 bits per heavy atom. The van der Waals surface area contributed by atoms with Crippen LogP contribution in [0.4, 0.5) is 0 Å². The fraction of sp³-hybridized carbons (Fsp3) is 0.583. The van der Waals surface area contributed by atoms with Crippen LogP contribution in [0, 0.1) is 0 Å². The van der Waals surface area contributed by atoms with Gasteiger partial charge in [-0.2, -0.15) is 0 Å². The predicted molar refractivity (Wildman–Crippen MR) is 59.6 cm³/mol. The molecule has 0 spiro atoms. The first-order chi connectivity index (χ1) is 7.27. The number of nitrogens with zero attached hydrogens (tertiary/aromatic N) is 1. The summed E-state index contributed by atoms with van der Waals surface area (Å²) in [5.41, 5.74) is 0.699. The first kappa shape index (κ1) is 10.6. The second-order valence-electron chi connectivity index (χ2n) is 4.18. The minimum Gasteiger partial charge on any atom is -0.371 e. The van der Waals surface area contributed by atoms with Gasteiger partial charge in [0.05, 0.1) is 5.69 Å². The zero-order valence-electron chi connectivity index (χ0n) is 9.36. The maximum Gasteiger partial charge on any atom is 0.122 e. The molecule has 0 radical (unpaired) electrons. The van der Waals surface area contributed by atoms with Crippen molar-refractivity contribution in [2.75, 3.05) is 13.7 Å². The van der Waals surface area contributed by atoms with Crippen LogP contribution in [0.25, 0.3) is 0 Å². The third-order valence-electron chi connectivity index (χ3n) is 3.32. The number of nitrogens with one attached hydrogen (secondary N) is 1. The van der Waals surface area contributed by atoms with E-state index >= 15 is 0 Å². The lowest BCUT2D eigenvalue weighted by molar-refractivity contribution is -0.0293. The van der Waals surface area contributed by atoms with Crippen molar-refractivity contribution < 1.29 is 4.74 Å². The lowest BCUT2D eigenvalue weighted by atomic mass is 9.90. The summed E-state index contributed by atoms with van der Waals surface area (Å²) in [6, 6.07) is 6.34. The Kier molecular flexibility index (Phi) is 3.03. The molecule has 0 bridgehead atoms. The van der Waals surface area contributed by atoms with Crippen molar-refractivity contribution in [1.29, 1.82) is 0 Å². The highest BCUT2D eigenvalue weighted by Crippen LogP contribution is 2.31. The van der Waals surface area contributed by atoms with Crippen molar-refractivity contribution in [3.63, 3.8) is 0 Å². The van der Waals surface area contributed by atoms with Gasteiger partial charge in [-0.25, -0.2) is 0 Å². The van der Waals surface area contributed by atoms with Gasteiger partial charge in [-0.1, -0.05) is 6.07 Å². The summed E-state index contributed by atoms with van der Waals surface area (Å²) in [5.74, 6) is 0. The number of hydrogen-bond donors (Lipinski definition) is 1. The fourth-order valence-electron chi connectivity index (χ4n) is 2.24. The third kappa shape index (κ3) is 1.90. The molecule has 82 valence electrons. The van der Waals surface area contributed by atoms with Crippen molar-refractivity contribution in [3.05, 3.63) is 30.1 Å². The van der Waals surface area contributed by atoms with Crippen molar-refractivity contribution in [1.82, 2.24) is 10.3 Å². The predicted octanol–water partition coefficient (Wildman–Crippen LogP) is 1.70. The first-order valence-corrected chi connectivity index (χ1v) is 5.47. The van der Waals surface area contributed by atoms with Gasteiger partial charge in [0.25, 0.3) is 0 Å². The molecule has 3 heteroatoms. The number of methoxy groups -OCH3 is 1. The monoisotopic (exact) mass is 206 g/mol. The molecule has 1 aliphatic heterocycles. The van der Waals surface area contributed by atoms with Gasteiger partial charge in [0.15, 0.2) is 0 Å². The molecule has 0 saturated carbocycles. The van der Waals surface area contributed by atoms with Gasteiger partial charge in [-0.05, 0) is 38.4 Å². The molecule has 0 aromatic carbocycles. The van der Waals surface area contributed by atoms with Crippen molar-refractivity contribution in [2.24, 2.45) is 0 Å². The Labute approximate surface area is 90.9 Å². The summed E-state index contributed by atoms with van der Waals surface area (Å²) in [4.78, 5) is 4.40. The highest BCUT2D eigenvalue weighted by molar-refractivity contribution is 5.16. The lowest BCUT2D eigenvalue weighted by Gasteiger charge is -2.33. The van der Waals surface area contributed by atoms with Gasteiger partial charge >= 0.3 is 0 Å². The van der Waals surface area contributed by atoms with Crippen molar-refractivity contribution in [2.45, 2.75) is 31.4 Å². The Morgan fingerprint density at radius 3 is 2.93 bits per heavy atom. The average molecular weight is 206 g/mol. The van der Waals surface area contributed by atoms with Gasteiger partial charge in [0, 0.05) is 19.3 Å². The summed E-state index contributed by atoms with van der Waals surface area (Å²) in [5, 5.41) is 3.48. The lowest BCUT2D eigenvalue weighted by Crippen LogP contribution is -2.45. The number of aromatic nitrogens is 1. The molecule has 1 N–H and O–H groups in total. The molecule has 2 atom stereocenters. The van der Waals surface area contributed by atoms with Crippen LogP contribution in [0.2, 0.25) is 0 Å². The summed E-state index contributed by atoms with van der Waals surface area (Å²) in [7, 11) is 1.76. The fourth-order valence-corrected chi connectivity index (χ4v) is 2.24. The van der Waals surface area contributed by atoms with E-state index < -0.39 is 0 Å². The maximum atomic E-state index is 5.68. The molecule has 1 fully saturated rings. The largest absolute Gasteiger partial charge is 0.371 e. The molecule has 1 aromatic heterocycles. The standard InChI is InChI=1S/C12H18N2O/c1-12(15-2,11-7-5-9-14-11)10-6-3-4-8-13-10/h3-4,6,8,11,14H,5,7,9H2,1-2H3/t11-,12?/m1/s1. The van der Waals surface area contributed by atoms with E-state index in [0.29, 0.717) is 6.04 Å². The van der Waals surface area contributed by atoms with E-state index in [0.717, 1.165) is 18.7 Å². The number of hydrogen-bond acceptors (Lipinski definition) is 3. The van der Waals surface area contributed by atoms with Gasteiger partial charge < -0.3 is 10.1 Å². The van der Waals surface area contributed by atoms with Crippen LogP contribution < -0.4 is 5.32 Å². The van der Waals surface area contributed by atoms with Gasteiger partial charge in [0.2, 0.25) is 0 Å². The Hall–Kier alpha value is -0.930. The van der Waals surface area contributed by atoms with Crippen LogP contribution in [-0.2, 0) is 10.3 Å². The summed E-state index contributed by atoms with van der Waals surface area (Å²) in [6.45, 7) is 3.19. The summed E-state index contributed by atoms with van der Waals surface area (Å²) >= 11 is 0. The topological polar surface area (TPSA) is 34.1 Å². The normalized spacial score (nSPS) is 25.1. The number of pyridine rings is 1. The third-order valence-corrected chi connectivity index (χ3v) is 3.32. The van der Waals surface area contributed by atoms with E-state index in [1.165, 1.54) is 6.42 Å². The van der Waals surface area contributed by atoms with Crippen LogP contribution in [0.5, 0.6) is 0 Å². The number of ether oxygens (including phenoxy) is 1. The molecular weight excluding hydrogens is 188 g/mol. The highest BCUT2D eigenvalue weighted by atomic mass is 16.5. The van der Waals surface area contributed by atoms with Crippen LogP contribution in [-0.4, -0.2) is 24.7 Å². The summed E-state index contributed by atoms with van der Waals surface area (Å²) < 4.78 is 5.68. The van der Waals surface area contributed by atoms with Crippen LogP contribution in [0.3, 0.4) is 0 Å². The van der Waals surface area contributed by atoms with Crippen LogP contribution >= 0.6 is 0 Å². The molecule has 2 rings (SSSR count). The summed E-state index contributed by atoms with van der Waals surface area (Å²) in [6.07, 6.45) is 4.19. The minimum absolute atomic E-state index is 0.308. The van der Waals surface area contributed by atoms with Gasteiger partial charge in [-0.3, -0.25) is 4.98 Å². The molecular formula is C12H18N2O. The van der Waals surface area contributed by atoms with Crippen molar-refractivity contribution in [3.8, 4) is 0 Å². The van der Waals surface area contributed by atoms with E-state index in [1.807, 2.05) is 24.4 Å². The van der Waals surface area contributed by atoms with Gasteiger partial charge in [-0.15, -0.1) is 0 Å². The van der Waals surface area contributed by atoms with E-state index in [-0.39, 0.29) is 5.60 Å². The molecule has 1 aliphatic rings. The van der Waals surface area contributed by atoms with E-state index in [2.05, 4.69) is 17.2 Å². The molecule has 2 heterocycles. The zero-order chi connectivity index (χ0) is 10.7. The van der Waals surface area contributed by atoms with Crippen LogP contribution in [0.15, 0.2) is 24.4 Å². The molecule has 15 heavy (non-hydrogen) atoms. The van der Waals surface area contributed by atoms with E-state index in [9.17, 15) is 0 Å². The molecule has 0 amide bonds. The van der Waals surface area contributed by atoms with E-state index in [4.69, 9.17) is 4.74 Å².